The molecule has 0 aliphatic heterocycles. The molecule has 0 heterocycles. The molecule has 35 heavy (non-hydrogen) atoms. The maximum Gasteiger partial charge on any atom is 0.336 e. The van der Waals surface area contributed by atoms with E-state index in [2.05, 4.69) is 26.5 Å². The third-order valence-electron chi connectivity index (χ3n) is 4.90. The third-order valence-corrected chi connectivity index (χ3v) is 5.72. The Bertz CT molecular complexity index is 1380. The summed E-state index contributed by atoms with van der Waals surface area (Å²) in [6.45, 7) is -0.181. The molecule has 1 N–H and O–H groups in total. The molecular formula is C28H21BrN2O4. The minimum atomic E-state index is -0.472. The topological polar surface area (TPSA) is 77.0 Å². The highest BCUT2D eigenvalue weighted by atomic mass is 79.9. The fourth-order valence-electron chi connectivity index (χ4n) is 3.18. The predicted molar refractivity (Wildman–Crippen MR) is 140 cm³/mol. The first-order chi connectivity index (χ1) is 17.1. The van der Waals surface area contributed by atoms with Gasteiger partial charge in [-0.3, -0.25) is 4.79 Å². The van der Waals surface area contributed by atoms with E-state index in [-0.39, 0.29) is 6.61 Å². The van der Waals surface area contributed by atoms with E-state index in [0.29, 0.717) is 11.5 Å². The van der Waals surface area contributed by atoms with Crippen molar-refractivity contribution in [3.05, 3.63) is 113 Å². The summed E-state index contributed by atoms with van der Waals surface area (Å²) in [5.74, 6) is 0.118. The molecule has 0 spiro atoms. The van der Waals surface area contributed by atoms with E-state index >= 15 is 0 Å². The third kappa shape index (κ3) is 6.88. The number of nitrogens with zero attached hydrogens (tertiary/aromatic N) is 1. The van der Waals surface area contributed by atoms with Crippen molar-refractivity contribution < 1.29 is 19.1 Å². The van der Waals surface area contributed by atoms with E-state index < -0.39 is 11.9 Å². The van der Waals surface area contributed by atoms with E-state index in [1.165, 1.54) is 12.3 Å². The van der Waals surface area contributed by atoms with Crippen molar-refractivity contribution in [2.75, 3.05) is 6.61 Å². The van der Waals surface area contributed by atoms with E-state index in [4.69, 9.17) is 9.47 Å². The molecule has 0 radical (unpaired) electrons. The maximum absolute atomic E-state index is 12.1. The Kier molecular flexibility index (Phi) is 8.04. The number of hydrazone groups is 1. The smallest absolute Gasteiger partial charge is 0.336 e. The van der Waals surface area contributed by atoms with Crippen molar-refractivity contribution >= 4 is 50.9 Å². The molecule has 4 rings (SSSR count). The highest BCUT2D eigenvalue weighted by molar-refractivity contribution is 9.10. The second-order valence-corrected chi connectivity index (χ2v) is 8.21. The summed E-state index contributed by atoms with van der Waals surface area (Å²) in [5.41, 5.74) is 4.07. The first-order valence-corrected chi connectivity index (χ1v) is 11.5. The summed E-state index contributed by atoms with van der Waals surface area (Å²) in [4.78, 5) is 24.1. The lowest BCUT2D eigenvalue weighted by molar-refractivity contribution is -0.129. The van der Waals surface area contributed by atoms with Crippen LogP contribution in [0, 0.1) is 0 Å². The number of rotatable bonds is 8. The first-order valence-electron chi connectivity index (χ1n) is 10.8. The van der Waals surface area contributed by atoms with Crippen LogP contribution in [0.25, 0.3) is 16.8 Å². The molecule has 0 aliphatic rings. The van der Waals surface area contributed by atoms with Gasteiger partial charge in [0, 0.05) is 6.08 Å². The van der Waals surface area contributed by atoms with Crippen LogP contribution < -0.4 is 14.9 Å². The summed E-state index contributed by atoms with van der Waals surface area (Å²) < 4.78 is 11.7. The van der Waals surface area contributed by atoms with Crippen molar-refractivity contribution in [3.63, 3.8) is 0 Å². The Balaban J connectivity index is 1.24. The molecule has 0 bridgehead atoms. The van der Waals surface area contributed by atoms with Crippen LogP contribution in [-0.4, -0.2) is 24.7 Å². The van der Waals surface area contributed by atoms with Gasteiger partial charge in [0.05, 0.1) is 10.7 Å². The first kappa shape index (κ1) is 23.9. The highest BCUT2D eigenvalue weighted by Crippen LogP contribution is 2.32. The quantitative estimate of drug-likeness (QED) is 0.104. The van der Waals surface area contributed by atoms with Gasteiger partial charge in [0.15, 0.2) is 6.61 Å². The van der Waals surface area contributed by atoms with Gasteiger partial charge in [-0.15, -0.1) is 0 Å². The zero-order chi connectivity index (χ0) is 24.5. The molecule has 7 heteroatoms. The van der Waals surface area contributed by atoms with Crippen molar-refractivity contribution in [3.8, 4) is 11.5 Å². The van der Waals surface area contributed by atoms with Crippen molar-refractivity contribution in [2.24, 2.45) is 5.10 Å². The van der Waals surface area contributed by atoms with Crippen LogP contribution in [0.15, 0.2) is 107 Å². The SMILES string of the molecule is O=C(COc1ccc2ccccc2c1Br)NN=Cc1ccc(OC(=O)C=Cc2ccccc2)cc1. The standard InChI is InChI=1S/C28H21BrN2O4/c29-28-24-9-5-4-8-22(24)13-16-25(28)34-19-26(32)31-30-18-21-10-14-23(15-11-21)35-27(33)17-12-20-6-2-1-3-7-20/h1-18H,19H2,(H,31,32). The summed E-state index contributed by atoms with van der Waals surface area (Å²) in [5, 5.41) is 6.02. The van der Waals surface area contributed by atoms with Crippen LogP contribution in [0.3, 0.4) is 0 Å². The minimum Gasteiger partial charge on any atom is -0.483 e. The molecule has 0 saturated heterocycles. The summed E-state index contributed by atoms with van der Waals surface area (Å²) in [6, 6.07) is 27.9. The van der Waals surface area contributed by atoms with Crippen LogP contribution in [0.1, 0.15) is 11.1 Å². The number of hydrogen-bond acceptors (Lipinski definition) is 5. The number of halogens is 1. The number of amides is 1. The Labute approximate surface area is 211 Å². The average molecular weight is 529 g/mol. The van der Waals surface area contributed by atoms with Crippen LogP contribution >= 0.6 is 15.9 Å². The summed E-state index contributed by atoms with van der Waals surface area (Å²) >= 11 is 3.53. The molecule has 1 amide bonds. The number of nitrogens with one attached hydrogen (secondary N) is 1. The van der Waals surface area contributed by atoms with E-state index in [9.17, 15) is 9.59 Å². The number of esters is 1. The average Bonchev–Trinajstić information content (AvgIpc) is 2.89. The van der Waals surface area contributed by atoms with Crippen LogP contribution in [0.2, 0.25) is 0 Å². The molecule has 0 saturated carbocycles. The number of benzene rings is 4. The van der Waals surface area contributed by atoms with Crippen LogP contribution in [-0.2, 0) is 9.59 Å². The van der Waals surface area contributed by atoms with E-state index in [0.717, 1.165) is 26.4 Å². The number of carbonyl (C=O) groups excluding carboxylic acids is 2. The summed E-state index contributed by atoms with van der Waals surface area (Å²) in [6.07, 6.45) is 4.55. The highest BCUT2D eigenvalue weighted by Gasteiger charge is 2.08. The molecule has 0 aliphatic carbocycles. The van der Waals surface area contributed by atoms with Gasteiger partial charge < -0.3 is 9.47 Å². The Morgan fingerprint density at radius 1 is 0.857 bits per heavy atom. The molecule has 6 nitrogen and oxygen atoms in total. The van der Waals surface area contributed by atoms with E-state index in [1.807, 2.05) is 66.7 Å². The van der Waals surface area contributed by atoms with Gasteiger partial charge in [0.2, 0.25) is 0 Å². The maximum atomic E-state index is 12.1. The van der Waals surface area contributed by atoms with Gasteiger partial charge in [0.1, 0.15) is 11.5 Å². The second-order valence-electron chi connectivity index (χ2n) is 7.41. The summed E-state index contributed by atoms with van der Waals surface area (Å²) in [7, 11) is 0. The predicted octanol–water partition coefficient (Wildman–Crippen LogP) is 5.75. The normalized spacial score (nSPS) is 11.1. The second kappa shape index (κ2) is 11.8. The zero-order valence-electron chi connectivity index (χ0n) is 18.6. The van der Waals surface area contributed by atoms with Gasteiger partial charge in [-0.25, -0.2) is 10.2 Å². The molecule has 4 aromatic rings. The van der Waals surface area contributed by atoms with Crippen LogP contribution in [0.4, 0.5) is 0 Å². The van der Waals surface area contributed by atoms with E-state index in [1.54, 1.807) is 30.3 Å². The Morgan fingerprint density at radius 2 is 1.60 bits per heavy atom. The molecule has 0 fully saturated rings. The number of fused-ring (bicyclic) bond motifs is 1. The van der Waals surface area contributed by atoms with Gasteiger partial charge in [0.25, 0.3) is 5.91 Å². The van der Waals surface area contributed by atoms with Gasteiger partial charge in [-0.05, 0) is 74.2 Å². The van der Waals surface area contributed by atoms with Gasteiger partial charge in [-0.1, -0.05) is 60.7 Å². The minimum absolute atomic E-state index is 0.181. The fourth-order valence-corrected chi connectivity index (χ4v) is 3.79. The van der Waals surface area contributed by atoms with Crippen molar-refractivity contribution in [2.45, 2.75) is 0 Å². The van der Waals surface area contributed by atoms with Crippen LogP contribution in [0.5, 0.6) is 11.5 Å². The molecule has 4 aromatic carbocycles. The number of ether oxygens (including phenoxy) is 2. The lowest BCUT2D eigenvalue weighted by Crippen LogP contribution is -2.24. The fraction of sp³-hybridized carbons (Fsp3) is 0.0357. The Hall–Kier alpha value is -4.23. The van der Waals surface area contributed by atoms with Gasteiger partial charge in [-0.2, -0.15) is 5.10 Å². The molecular weight excluding hydrogens is 508 g/mol. The Morgan fingerprint density at radius 3 is 2.40 bits per heavy atom. The van der Waals surface area contributed by atoms with Crippen molar-refractivity contribution in [1.82, 2.24) is 5.43 Å². The molecule has 0 aromatic heterocycles. The zero-order valence-corrected chi connectivity index (χ0v) is 20.1. The van der Waals surface area contributed by atoms with Crippen molar-refractivity contribution in [1.29, 1.82) is 0 Å². The number of carbonyl (C=O) groups is 2. The number of hydrogen-bond donors (Lipinski definition) is 1. The molecule has 174 valence electrons. The monoisotopic (exact) mass is 528 g/mol. The lowest BCUT2D eigenvalue weighted by Gasteiger charge is -2.09. The largest absolute Gasteiger partial charge is 0.483 e. The molecule has 0 atom stereocenters. The van der Waals surface area contributed by atoms with Gasteiger partial charge >= 0.3 is 5.97 Å². The lowest BCUT2D eigenvalue weighted by atomic mass is 10.1. The molecule has 0 unspecified atom stereocenters.